The fourth-order valence-electron chi connectivity index (χ4n) is 2.10. The molecule has 0 atom stereocenters. The van der Waals surface area contributed by atoms with Gasteiger partial charge in [0.25, 0.3) is 0 Å². The summed E-state index contributed by atoms with van der Waals surface area (Å²) in [6.45, 7) is 4.07. The number of rotatable bonds is 4. The van der Waals surface area contributed by atoms with Gasteiger partial charge in [-0.3, -0.25) is 4.68 Å². The Morgan fingerprint density at radius 3 is 2.93 bits per heavy atom. The second-order valence-corrected chi connectivity index (χ2v) is 4.16. The Labute approximate surface area is 85.5 Å². The maximum absolute atomic E-state index is 4.35. The molecule has 78 valence electrons. The summed E-state index contributed by atoms with van der Waals surface area (Å²) in [7, 11) is 0. The first-order valence-electron chi connectivity index (χ1n) is 5.58. The molecule has 0 bridgehead atoms. The van der Waals surface area contributed by atoms with Crippen LogP contribution in [0.15, 0.2) is 12.3 Å². The third-order valence-corrected chi connectivity index (χ3v) is 2.90. The van der Waals surface area contributed by atoms with E-state index in [0.717, 1.165) is 24.8 Å². The lowest BCUT2D eigenvalue weighted by Crippen LogP contribution is -2.29. The molecule has 0 aromatic carbocycles. The van der Waals surface area contributed by atoms with Crippen LogP contribution in [0.2, 0.25) is 0 Å². The van der Waals surface area contributed by atoms with E-state index >= 15 is 0 Å². The van der Waals surface area contributed by atoms with Gasteiger partial charge in [0.1, 0.15) is 0 Å². The highest BCUT2D eigenvalue weighted by atomic mass is 15.3. The van der Waals surface area contributed by atoms with Crippen LogP contribution in [-0.2, 0) is 6.54 Å². The molecule has 1 heterocycles. The zero-order chi connectivity index (χ0) is 9.80. The lowest BCUT2D eigenvalue weighted by atomic mass is 10.2. The molecule has 0 amide bonds. The minimum atomic E-state index is 0.770. The van der Waals surface area contributed by atoms with Gasteiger partial charge < -0.3 is 5.32 Å². The van der Waals surface area contributed by atoms with Gasteiger partial charge in [-0.15, -0.1) is 0 Å². The summed E-state index contributed by atoms with van der Waals surface area (Å²) < 4.78 is 2.01. The highest BCUT2D eigenvalue weighted by molar-refractivity contribution is 4.94. The fraction of sp³-hybridized carbons (Fsp3) is 0.727. The van der Waals surface area contributed by atoms with Crippen molar-refractivity contribution >= 4 is 0 Å². The lowest BCUT2D eigenvalue weighted by molar-refractivity contribution is 0.480. The second kappa shape index (κ2) is 4.60. The number of hydrogen-bond donors (Lipinski definition) is 1. The van der Waals surface area contributed by atoms with Gasteiger partial charge in [-0.2, -0.15) is 5.10 Å². The number of hydrogen-bond acceptors (Lipinski definition) is 2. The molecule has 0 aliphatic heterocycles. The molecule has 0 unspecified atom stereocenters. The average molecular weight is 193 g/mol. The second-order valence-electron chi connectivity index (χ2n) is 4.16. The third kappa shape index (κ3) is 2.58. The maximum atomic E-state index is 4.35. The van der Waals surface area contributed by atoms with Crippen LogP contribution >= 0.6 is 0 Å². The molecule has 1 aromatic rings. The van der Waals surface area contributed by atoms with E-state index in [4.69, 9.17) is 0 Å². The Hall–Kier alpha value is -0.830. The highest BCUT2D eigenvalue weighted by Gasteiger charge is 2.13. The van der Waals surface area contributed by atoms with Gasteiger partial charge in [-0.25, -0.2) is 0 Å². The standard InChI is InChI=1S/C11H19N3/c1-10-6-8-14(13-10)9-7-12-11-4-2-3-5-11/h6,8,11-12H,2-5,7,9H2,1H3. The van der Waals surface area contributed by atoms with Gasteiger partial charge in [0.05, 0.1) is 12.2 Å². The van der Waals surface area contributed by atoms with Crippen molar-refractivity contribution in [3.05, 3.63) is 18.0 Å². The molecule has 1 aliphatic carbocycles. The van der Waals surface area contributed by atoms with Crippen LogP contribution < -0.4 is 5.32 Å². The maximum Gasteiger partial charge on any atom is 0.0593 e. The molecule has 1 fully saturated rings. The molecule has 1 saturated carbocycles. The SMILES string of the molecule is Cc1ccn(CCNC2CCCC2)n1. The van der Waals surface area contributed by atoms with E-state index in [1.807, 2.05) is 17.8 Å². The molecule has 14 heavy (non-hydrogen) atoms. The molecule has 0 radical (unpaired) electrons. The summed E-state index contributed by atoms with van der Waals surface area (Å²) in [6.07, 6.45) is 7.57. The predicted molar refractivity (Wildman–Crippen MR) is 57.2 cm³/mol. The smallest absolute Gasteiger partial charge is 0.0593 e. The van der Waals surface area contributed by atoms with E-state index in [9.17, 15) is 0 Å². The zero-order valence-electron chi connectivity index (χ0n) is 8.87. The minimum Gasteiger partial charge on any atom is -0.312 e. The number of nitrogens with zero attached hydrogens (tertiary/aromatic N) is 2. The summed E-state index contributed by atoms with van der Waals surface area (Å²) in [5.74, 6) is 0. The monoisotopic (exact) mass is 193 g/mol. The molecular weight excluding hydrogens is 174 g/mol. The van der Waals surface area contributed by atoms with Crippen LogP contribution in [0.1, 0.15) is 31.4 Å². The Balaban J connectivity index is 1.67. The normalized spacial score (nSPS) is 17.8. The summed E-state index contributed by atoms with van der Waals surface area (Å²) in [5.41, 5.74) is 1.10. The Kier molecular flexibility index (Phi) is 3.19. The molecule has 1 aliphatic rings. The van der Waals surface area contributed by atoms with Crippen LogP contribution in [-0.4, -0.2) is 22.4 Å². The average Bonchev–Trinajstić information content (AvgIpc) is 2.77. The summed E-state index contributed by atoms with van der Waals surface area (Å²) in [6, 6.07) is 2.82. The van der Waals surface area contributed by atoms with Gasteiger partial charge in [0.15, 0.2) is 0 Å². The van der Waals surface area contributed by atoms with Gasteiger partial charge in [0.2, 0.25) is 0 Å². The van der Waals surface area contributed by atoms with Crippen molar-refractivity contribution in [2.24, 2.45) is 0 Å². The summed E-state index contributed by atoms with van der Waals surface area (Å²) in [4.78, 5) is 0. The first kappa shape index (κ1) is 9.71. The predicted octanol–water partition coefficient (Wildman–Crippen LogP) is 1.72. The van der Waals surface area contributed by atoms with E-state index in [2.05, 4.69) is 16.5 Å². The van der Waals surface area contributed by atoms with E-state index in [1.165, 1.54) is 25.7 Å². The summed E-state index contributed by atoms with van der Waals surface area (Å²) in [5, 5.41) is 7.93. The molecule has 0 saturated heterocycles. The van der Waals surface area contributed by atoms with Crippen LogP contribution in [0, 0.1) is 6.92 Å². The first-order chi connectivity index (χ1) is 6.84. The Morgan fingerprint density at radius 1 is 1.50 bits per heavy atom. The van der Waals surface area contributed by atoms with Crippen LogP contribution in [0.4, 0.5) is 0 Å². The zero-order valence-corrected chi connectivity index (χ0v) is 8.87. The van der Waals surface area contributed by atoms with Gasteiger partial charge in [-0.1, -0.05) is 12.8 Å². The third-order valence-electron chi connectivity index (χ3n) is 2.90. The molecule has 3 nitrogen and oxygen atoms in total. The van der Waals surface area contributed by atoms with Gasteiger partial charge in [0, 0.05) is 18.8 Å². The Bertz CT molecular complexity index is 274. The lowest BCUT2D eigenvalue weighted by Gasteiger charge is -2.11. The van der Waals surface area contributed by atoms with Crippen molar-refractivity contribution in [1.29, 1.82) is 0 Å². The number of nitrogens with one attached hydrogen (secondary N) is 1. The molecule has 2 rings (SSSR count). The fourth-order valence-corrected chi connectivity index (χ4v) is 2.10. The number of aromatic nitrogens is 2. The van der Waals surface area contributed by atoms with Crippen molar-refractivity contribution in [2.45, 2.75) is 45.2 Å². The quantitative estimate of drug-likeness (QED) is 0.789. The largest absolute Gasteiger partial charge is 0.312 e. The molecule has 0 spiro atoms. The van der Waals surface area contributed by atoms with Crippen LogP contribution in [0.5, 0.6) is 0 Å². The number of aryl methyl sites for hydroxylation is 1. The van der Waals surface area contributed by atoms with Crippen molar-refractivity contribution in [3.8, 4) is 0 Å². The molecule has 1 aromatic heterocycles. The van der Waals surface area contributed by atoms with Crippen LogP contribution in [0.3, 0.4) is 0 Å². The molecular formula is C11H19N3. The minimum absolute atomic E-state index is 0.770. The van der Waals surface area contributed by atoms with E-state index < -0.39 is 0 Å². The van der Waals surface area contributed by atoms with E-state index in [-0.39, 0.29) is 0 Å². The van der Waals surface area contributed by atoms with Crippen molar-refractivity contribution in [2.75, 3.05) is 6.54 Å². The molecule has 1 N–H and O–H groups in total. The first-order valence-corrected chi connectivity index (χ1v) is 5.58. The Morgan fingerprint density at radius 2 is 2.29 bits per heavy atom. The molecule has 3 heteroatoms. The van der Waals surface area contributed by atoms with Crippen molar-refractivity contribution in [3.63, 3.8) is 0 Å². The van der Waals surface area contributed by atoms with Gasteiger partial charge >= 0.3 is 0 Å². The van der Waals surface area contributed by atoms with E-state index in [1.54, 1.807) is 0 Å². The topological polar surface area (TPSA) is 29.9 Å². The van der Waals surface area contributed by atoms with Crippen LogP contribution in [0.25, 0.3) is 0 Å². The van der Waals surface area contributed by atoms with Crippen molar-refractivity contribution in [1.82, 2.24) is 15.1 Å². The van der Waals surface area contributed by atoms with E-state index in [0.29, 0.717) is 0 Å². The summed E-state index contributed by atoms with van der Waals surface area (Å²) >= 11 is 0. The van der Waals surface area contributed by atoms with Crippen molar-refractivity contribution < 1.29 is 0 Å². The van der Waals surface area contributed by atoms with Gasteiger partial charge in [-0.05, 0) is 25.8 Å². The highest BCUT2D eigenvalue weighted by Crippen LogP contribution is 2.17.